The summed E-state index contributed by atoms with van der Waals surface area (Å²) in [6, 6.07) is 0.780. The van der Waals surface area contributed by atoms with Crippen LogP contribution in [-0.4, -0.2) is 12.6 Å². The van der Waals surface area contributed by atoms with Crippen molar-refractivity contribution in [1.29, 1.82) is 0 Å². The minimum atomic E-state index is 0.657. The SMILES string of the molecule is CCCNC(CC)C1(C)CC1. The van der Waals surface area contributed by atoms with Crippen molar-refractivity contribution < 1.29 is 0 Å². The zero-order chi connectivity index (χ0) is 8.32. The Kier molecular flexibility index (Phi) is 2.94. The maximum atomic E-state index is 3.62. The van der Waals surface area contributed by atoms with E-state index in [0.29, 0.717) is 5.41 Å². The predicted molar refractivity (Wildman–Crippen MR) is 49.7 cm³/mol. The van der Waals surface area contributed by atoms with Crippen molar-refractivity contribution in [2.24, 2.45) is 5.41 Å². The van der Waals surface area contributed by atoms with Crippen LogP contribution in [0.1, 0.15) is 46.5 Å². The first-order chi connectivity index (χ1) is 5.23. The highest BCUT2D eigenvalue weighted by atomic mass is 14.9. The molecule has 1 aliphatic rings. The molecule has 0 bridgehead atoms. The molecule has 0 saturated heterocycles. The number of hydrogen-bond acceptors (Lipinski definition) is 1. The highest BCUT2D eigenvalue weighted by Gasteiger charge is 2.43. The molecule has 1 aliphatic carbocycles. The van der Waals surface area contributed by atoms with Crippen LogP contribution in [0.15, 0.2) is 0 Å². The second kappa shape index (κ2) is 3.57. The molecule has 0 radical (unpaired) electrons. The van der Waals surface area contributed by atoms with Crippen LogP contribution in [0.3, 0.4) is 0 Å². The Morgan fingerprint density at radius 3 is 2.36 bits per heavy atom. The van der Waals surface area contributed by atoms with E-state index in [1.165, 1.54) is 32.2 Å². The molecule has 66 valence electrons. The Morgan fingerprint density at radius 1 is 1.36 bits per heavy atom. The second-order valence-electron chi connectivity index (χ2n) is 4.07. The molecule has 0 aliphatic heterocycles. The molecule has 1 fully saturated rings. The molecule has 0 aromatic carbocycles. The standard InChI is InChI=1S/C10H21N/c1-4-8-11-9(5-2)10(3)6-7-10/h9,11H,4-8H2,1-3H3. The van der Waals surface area contributed by atoms with E-state index in [-0.39, 0.29) is 0 Å². The molecule has 0 heterocycles. The molecule has 1 saturated carbocycles. The summed E-state index contributed by atoms with van der Waals surface area (Å²) in [5, 5.41) is 3.62. The van der Waals surface area contributed by atoms with E-state index in [2.05, 4.69) is 26.1 Å². The van der Waals surface area contributed by atoms with Gasteiger partial charge in [-0.25, -0.2) is 0 Å². The highest BCUT2D eigenvalue weighted by Crippen LogP contribution is 2.48. The first kappa shape index (κ1) is 9.05. The Hall–Kier alpha value is -0.0400. The molecule has 1 N–H and O–H groups in total. The van der Waals surface area contributed by atoms with Crippen molar-refractivity contribution in [2.75, 3.05) is 6.54 Å². The Labute approximate surface area is 70.6 Å². The fraction of sp³-hybridized carbons (Fsp3) is 1.00. The van der Waals surface area contributed by atoms with Gasteiger partial charge < -0.3 is 5.32 Å². The summed E-state index contributed by atoms with van der Waals surface area (Å²) in [5.41, 5.74) is 0.657. The summed E-state index contributed by atoms with van der Waals surface area (Å²) < 4.78 is 0. The van der Waals surface area contributed by atoms with Crippen LogP contribution in [0.25, 0.3) is 0 Å². The second-order valence-corrected chi connectivity index (χ2v) is 4.07. The lowest BCUT2D eigenvalue weighted by Gasteiger charge is -2.23. The van der Waals surface area contributed by atoms with E-state index in [0.717, 1.165) is 6.04 Å². The van der Waals surface area contributed by atoms with Gasteiger partial charge in [-0.1, -0.05) is 20.8 Å². The quantitative estimate of drug-likeness (QED) is 0.643. The van der Waals surface area contributed by atoms with E-state index in [1.807, 2.05) is 0 Å². The van der Waals surface area contributed by atoms with Crippen molar-refractivity contribution in [3.8, 4) is 0 Å². The third kappa shape index (κ3) is 2.19. The van der Waals surface area contributed by atoms with E-state index >= 15 is 0 Å². The van der Waals surface area contributed by atoms with Gasteiger partial charge in [-0.15, -0.1) is 0 Å². The minimum absolute atomic E-state index is 0.657. The van der Waals surface area contributed by atoms with Gasteiger partial charge in [0.1, 0.15) is 0 Å². The van der Waals surface area contributed by atoms with Gasteiger partial charge in [-0.3, -0.25) is 0 Å². The number of rotatable bonds is 5. The maximum Gasteiger partial charge on any atom is 0.0118 e. The fourth-order valence-corrected chi connectivity index (χ4v) is 1.75. The topological polar surface area (TPSA) is 12.0 Å². The largest absolute Gasteiger partial charge is 0.313 e. The van der Waals surface area contributed by atoms with Crippen LogP contribution < -0.4 is 5.32 Å². The number of hydrogen-bond donors (Lipinski definition) is 1. The van der Waals surface area contributed by atoms with Gasteiger partial charge in [0.15, 0.2) is 0 Å². The first-order valence-electron chi connectivity index (χ1n) is 4.96. The molecule has 1 heteroatoms. The van der Waals surface area contributed by atoms with Crippen LogP contribution in [-0.2, 0) is 0 Å². The molecule has 0 spiro atoms. The van der Waals surface area contributed by atoms with Crippen LogP contribution in [0.5, 0.6) is 0 Å². The van der Waals surface area contributed by atoms with Crippen LogP contribution in [0, 0.1) is 5.41 Å². The number of nitrogens with one attached hydrogen (secondary N) is 1. The monoisotopic (exact) mass is 155 g/mol. The van der Waals surface area contributed by atoms with Crippen molar-refractivity contribution in [3.63, 3.8) is 0 Å². The lowest BCUT2D eigenvalue weighted by Crippen LogP contribution is -2.35. The van der Waals surface area contributed by atoms with E-state index in [4.69, 9.17) is 0 Å². The zero-order valence-electron chi connectivity index (χ0n) is 8.11. The van der Waals surface area contributed by atoms with E-state index in [9.17, 15) is 0 Å². The summed E-state index contributed by atoms with van der Waals surface area (Å²) in [6.45, 7) is 8.11. The zero-order valence-corrected chi connectivity index (χ0v) is 8.11. The van der Waals surface area contributed by atoms with Gasteiger partial charge in [-0.2, -0.15) is 0 Å². The van der Waals surface area contributed by atoms with Crippen molar-refractivity contribution in [2.45, 2.75) is 52.5 Å². The van der Waals surface area contributed by atoms with Crippen LogP contribution in [0.4, 0.5) is 0 Å². The van der Waals surface area contributed by atoms with Crippen LogP contribution >= 0.6 is 0 Å². The Bertz CT molecular complexity index is 116. The summed E-state index contributed by atoms with van der Waals surface area (Å²) >= 11 is 0. The summed E-state index contributed by atoms with van der Waals surface area (Å²) in [4.78, 5) is 0. The third-order valence-corrected chi connectivity index (χ3v) is 2.93. The average Bonchev–Trinajstić information content (AvgIpc) is 2.71. The average molecular weight is 155 g/mol. The van der Waals surface area contributed by atoms with Crippen molar-refractivity contribution in [3.05, 3.63) is 0 Å². The Balaban J connectivity index is 2.25. The van der Waals surface area contributed by atoms with Gasteiger partial charge in [0.05, 0.1) is 0 Å². The van der Waals surface area contributed by atoms with E-state index in [1.54, 1.807) is 0 Å². The Morgan fingerprint density at radius 2 is 2.00 bits per heavy atom. The lowest BCUT2D eigenvalue weighted by molar-refractivity contribution is 0.347. The summed E-state index contributed by atoms with van der Waals surface area (Å²) in [6.07, 6.45) is 5.41. The summed E-state index contributed by atoms with van der Waals surface area (Å²) in [7, 11) is 0. The van der Waals surface area contributed by atoms with Gasteiger partial charge >= 0.3 is 0 Å². The van der Waals surface area contributed by atoms with Gasteiger partial charge in [0.25, 0.3) is 0 Å². The minimum Gasteiger partial charge on any atom is -0.313 e. The smallest absolute Gasteiger partial charge is 0.0118 e. The lowest BCUT2D eigenvalue weighted by atomic mass is 9.96. The first-order valence-corrected chi connectivity index (χ1v) is 4.96. The highest BCUT2D eigenvalue weighted by molar-refractivity contribution is 4.97. The molecule has 11 heavy (non-hydrogen) atoms. The summed E-state index contributed by atoms with van der Waals surface area (Å²) in [5.74, 6) is 0. The van der Waals surface area contributed by atoms with Crippen molar-refractivity contribution in [1.82, 2.24) is 5.32 Å². The molecule has 0 aromatic rings. The molecule has 0 amide bonds. The predicted octanol–water partition coefficient (Wildman–Crippen LogP) is 2.56. The molecule has 1 rings (SSSR count). The fourth-order valence-electron chi connectivity index (χ4n) is 1.75. The van der Waals surface area contributed by atoms with Gasteiger partial charge in [0.2, 0.25) is 0 Å². The van der Waals surface area contributed by atoms with Crippen molar-refractivity contribution >= 4 is 0 Å². The normalized spacial score (nSPS) is 23.2. The van der Waals surface area contributed by atoms with Gasteiger partial charge in [-0.05, 0) is 37.6 Å². The molecule has 0 aromatic heterocycles. The molecule has 1 atom stereocenters. The third-order valence-electron chi connectivity index (χ3n) is 2.93. The molecule has 1 nitrogen and oxygen atoms in total. The molecular weight excluding hydrogens is 134 g/mol. The molecule has 1 unspecified atom stereocenters. The van der Waals surface area contributed by atoms with Gasteiger partial charge in [0, 0.05) is 6.04 Å². The van der Waals surface area contributed by atoms with Crippen LogP contribution in [0.2, 0.25) is 0 Å². The maximum absolute atomic E-state index is 3.62. The molecular formula is C10H21N. The van der Waals surface area contributed by atoms with E-state index < -0.39 is 0 Å².